The van der Waals surface area contributed by atoms with Crippen LogP contribution in [0, 0.1) is 0 Å². The van der Waals surface area contributed by atoms with Crippen molar-refractivity contribution in [3.05, 3.63) is 71.8 Å². The number of carbonyl (C=O) groups excluding carboxylic acids is 1. The van der Waals surface area contributed by atoms with Gasteiger partial charge in [0, 0.05) is 9.90 Å². The normalized spacial score (nSPS) is 10.1. The molecule has 0 unspecified atom stereocenters. The molecule has 0 spiro atoms. The smallest absolute Gasteiger partial charge is 0.315 e. The van der Waals surface area contributed by atoms with Crippen LogP contribution < -0.4 is 10.6 Å². The van der Waals surface area contributed by atoms with Gasteiger partial charge >= 0.3 is 6.03 Å². The molecule has 0 radical (unpaired) electrons. The molecule has 0 saturated heterocycles. The quantitative estimate of drug-likeness (QED) is 0.855. The number of benzene rings is 2. The molecule has 0 aliphatic heterocycles. The maximum absolute atomic E-state index is 11.5. The lowest BCUT2D eigenvalue weighted by Crippen LogP contribution is -2.36. The van der Waals surface area contributed by atoms with Gasteiger partial charge in [0.15, 0.2) is 0 Å². The van der Waals surface area contributed by atoms with Gasteiger partial charge in [-0.3, -0.25) is 0 Å². The highest BCUT2D eigenvalue weighted by atomic mass is 16.2. The Balaban J connectivity index is 0.00000180. The molecule has 2 aromatic carbocycles. The molecule has 0 heterocycles. The average Bonchev–Trinajstić information content (AvgIpc) is 2.46. The molecule has 18 heavy (non-hydrogen) atoms. The van der Waals surface area contributed by atoms with Crippen LogP contribution in [-0.2, 0) is 0 Å². The summed E-state index contributed by atoms with van der Waals surface area (Å²) in [5.74, 6) is 0. The van der Waals surface area contributed by atoms with Gasteiger partial charge in [-0.25, -0.2) is 4.79 Å². The number of rotatable bonds is 3. The van der Waals surface area contributed by atoms with E-state index < -0.39 is 0 Å². The SMILES string of the molecule is CNC(=O)NC(c1ccccc1)c1ccccc1.[HH].[HH]. The van der Waals surface area contributed by atoms with E-state index in [1.165, 1.54) is 0 Å². The van der Waals surface area contributed by atoms with Gasteiger partial charge in [0.2, 0.25) is 0 Å². The fraction of sp³-hybridized carbons (Fsp3) is 0.133. The van der Waals surface area contributed by atoms with E-state index in [2.05, 4.69) is 10.6 Å². The fourth-order valence-electron chi connectivity index (χ4n) is 1.85. The molecule has 3 nitrogen and oxygen atoms in total. The molecule has 0 aliphatic carbocycles. The summed E-state index contributed by atoms with van der Waals surface area (Å²) in [6, 6.07) is 19.5. The van der Waals surface area contributed by atoms with Crippen molar-refractivity contribution in [3.8, 4) is 0 Å². The predicted octanol–water partition coefficient (Wildman–Crippen LogP) is 3.20. The first-order valence-corrected chi connectivity index (χ1v) is 5.89. The van der Waals surface area contributed by atoms with Crippen LogP contribution in [0.4, 0.5) is 4.79 Å². The minimum atomic E-state index is -0.187. The summed E-state index contributed by atoms with van der Waals surface area (Å²) in [6.45, 7) is 0. The number of nitrogens with one attached hydrogen (secondary N) is 2. The van der Waals surface area contributed by atoms with E-state index in [0.29, 0.717) is 0 Å². The Hall–Kier alpha value is -2.29. The molecule has 2 rings (SSSR count). The third kappa shape index (κ3) is 2.88. The molecule has 2 aromatic rings. The second-order valence-electron chi connectivity index (χ2n) is 3.98. The molecule has 3 heteroatoms. The lowest BCUT2D eigenvalue weighted by Gasteiger charge is -2.19. The highest BCUT2D eigenvalue weighted by Gasteiger charge is 2.15. The minimum absolute atomic E-state index is 0. The van der Waals surface area contributed by atoms with Crippen LogP contribution in [0.5, 0.6) is 0 Å². The first-order chi connectivity index (χ1) is 8.81. The van der Waals surface area contributed by atoms with Gasteiger partial charge in [-0.1, -0.05) is 60.7 Å². The van der Waals surface area contributed by atoms with E-state index >= 15 is 0 Å². The van der Waals surface area contributed by atoms with Crippen molar-refractivity contribution < 1.29 is 7.65 Å². The molecule has 2 N–H and O–H groups in total. The van der Waals surface area contributed by atoms with Gasteiger partial charge < -0.3 is 10.6 Å². The van der Waals surface area contributed by atoms with Crippen LogP contribution in [0.25, 0.3) is 0 Å². The van der Waals surface area contributed by atoms with Crippen molar-refractivity contribution in [1.29, 1.82) is 0 Å². The van der Waals surface area contributed by atoms with E-state index in [1.807, 2.05) is 60.7 Å². The van der Waals surface area contributed by atoms with Crippen molar-refractivity contribution in [3.63, 3.8) is 0 Å². The molecule has 0 aliphatic rings. The first kappa shape index (κ1) is 12.2. The highest BCUT2D eigenvalue weighted by molar-refractivity contribution is 5.74. The van der Waals surface area contributed by atoms with E-state index in [1.54, 1.807) is 7.05 Å². The van der Waals surface area contributed by atoms with Crippen molar-refractivity contribution in [1.82, 2.24) is 10.6 Å². The standard InChI is InChI=1S/C15H16N2O.2H2/c1-16-15(18)17-14(12-8-4-2-5-9-12)13-10-6-3-7-11-13;;/h2-11,14H,1H3,(H2,16,17,18);2*1H. The summed E-state index contributed by atoms with van der Waals surface area (Å²) in [4.78, 5) is 11.5. The molecule has 0 aromatic heterocycles. The van der Waals surface area contributed by atoms with Crippen molar-refractivity contribution in [2.75, 3.05) is 7.05 Å². The zero-order valence-corrected chi connectivity index (χ0v) is 10.3. The van der Waals surface area contributed by atoms with Gasteiger partial charge in [0.05, 0.1) is 6.04 Å². The molecule has 0 bridgehead atoms. The number of amides is 2. The van der Waals surface area contributed by atoms with Crippen LogP contribution in [0.1, 0.15) is 20.0 Å². The number of carbonyl (C=O) groups is 1. The van der Waals surface area contributed by atoms with Crippen LogP contribution in [0.15, 0.2) is 60.7 Å². The van der Waals surface area contributed by atoms with Crippen molar-refractivity contribution >= 4 is 6.03 Å². The van der Waals surface area contributed by atoms with E-state index in [0.717, 1.165) is 11.1 Å². The highest BCUT2D eigenvalue weighted by Crippen LogP contribution is 2.21. The summed E-state index contributed by atoms with van der Waals surface area (Å²) in [5, 5.41) is 5.53. The van der Waals surface area contributed by atoms with Crippen LogP contribution in [0.2, 0.25) is 0 Å². The average molecular weight is 244 g/mol. The Morgan fingerprint density at radius 3 is 1.78 bits per heavy atom. The van der Waals surface area contributed by atoms with Crippen LogP contribution in [0.3, 0.4) is 0 Å². The summed E-state index contributed by atoms with van der Waals surface area (Å²) in [5.41, 5.74) is 2.12. The Morgan fingerprint density at radius 2 is 1.39 bits per heavy atom. The van der Waals surface area contributed by atoms with Gasteiger partial charge in [0.25, 0.3) is 0 Å². The van der Waals surface area contributed by atoms with Gasteiger partial charge in [-0.05, 0) is 11.1 Å². The maximum Gasteiger partial charge on any atom is 0.315 e. The Kier molecular flexibility index (Phi) is 3.97. The molecule has 96 valence electrons. The summed E-state index contributed by atoms with van der Waals surface area (Å²) < 4.78 is 0. The molecule has 0 fully saturated rings. The Morgan fingerprint density at radius 1 is 0.944 bits per heavy atom. The third-order valence-corrected chi connectivity index (χ3v) is 2.77. The van der Waals surface area contributed by atoms with Crippen LogP contribution in [-0.4, -0.2) is 13.1 Å². The molecule has 0 atom stereocenters. The minimum Gasteiger partial charge on any atom is -0.341 e. The Bertz CT molecular complexity index is 466. The molecule has 2 amide bonds. The van der Waals surface area contributed by atoms with Gasteiger partial charge in [-0.2, -0.15) is 0 Å². The van der Waals surface area contributed by atoms with Gasteiger partial charge in [-0.15, -0.1) is 0 Å². The topological polar surface area (TPSA) is 41.1 Å². The molecular formula is C15H20N2O. The maximum atomic E-state index is 11.5. The van der Waals surface area contributed by atoms with E-state index in [-0.39, 0.29) is 14.9 Å². The van der Waals surface area contributed by atoms with Crippen LogP contribution >= 0.6 is 0 Å². The molecule has 0 saturated carbocycles. The lowest BCUT2D eigenvalue weighted by atomic mass is 9.99. The number of hydrogen-bond acceptors (Lipinski definition) is 1. The second kappa shape index (κ2) is 5.87. The van der Waals surface area contributed by atoms with E-state index in [9.17, 15) is 4.79 Å². The summed E-state index contributed by atoms with van der Waals surface area (Å²) in [6.07, 6.45) is 0. The largest absolute Gasteiger partial charge is 0.341 e. The fourth-order valence-corrected chi connectivity index (χ4v) is 1.85. The first-order valence-electron chi connectivity index (χ1n) is 5.89. The zero-order chi connectivity index (χ0) is 12.8. The Labute approximate surface area is 110 Å². The molecular weight excluding hydrogens is 224 g/mol. The predicted molar refractivity (Wildman–Crippen MR) is 76.5 cm³/mol. The summed E-state index contributed by atoms with van der Waals surface area (Å²) in [7, 11) is 1.61. The van der Waals surface area contributed by atoms with Crippen molar-refractivity contribution in [2.24, 2.45) is 0 Å². The summed E-state index contributed by atoms with van der Waals surface area (Å²) >= 11 is 0. The number of hydrogen-bond donors (Lipinski definition) is 2. The lowest BCUT2D eigenvalue weighted by molar-refractivity contribution is 0.240. The monoisotopic (exact) mass is 244 g/mol. The van der Waals surface area contributed by atoms with Gasteiger partial charge in [0.1, 0.15) is 0 Å². The van der Waals surface area contributed by atoms with E-state index in [4.69, 9.17) is 0 Å². The zero-order valence-electron chi connectivity index (χ0n) is 10.3. The van der Waals surface area contributed by atoms with Crippen molar-refractivity contribution in [2.45, 2.75) is 6.04 Å². The second-order valence-corrected chi connectivity index (χ2v) is 3.98. The number of urea groups is 1. The third-order valence-electron chi connectivity index (χ3n) is 2.77.